The first-order valence-electron chi connectivity index (χ1n) is 7.63. The molecular formula is C15H26N2O2. The third-order valence-electron chi connectivity index (χ3n) is 4.49. The zero-order chi connectivity index (χ0) is 14.0. The maximum absolute atomic E-state index is 12.3. The van der Waals surface area contributed by atoms with Crippen LogP contribution >= 0.6 is 0 Å². The first-order chi connectivity index (χ1) is 9.04. The molecule has 3 unspecified atom stereocenters. The maximum Gasteiger partial charge on any atom is 0.233 e. The van der Waals surface area contributed by atoms with E-state index >= 15 is 0 Å². The molecule has 19 heavy (non-hydrogen) atoms. The SMILES string of the molecule is CCCNC(C)CCN1C(=O)C2CC(C)CC2C1=O. The Kier molecular flexibility index (Phi) is 4.61. The molecule has 1 aliphatic heterocycles. The Hall–Kier alpha value is -0.900. The zero-order valence-electron chi connectivity index (χ0n) is 12.3. The molecule has 0 aromatic heterocycles. The monoisotopic (exact) mass is 266 g/mol. The van der Waals surface area contributed by atoms with Crippen LogP contribution in [-0.4, -0.2) is 35.8 Å². The second kappa shape index (κ2) is 6.04. The Morgan fingerprint density at radius 2 is 1.84 bits per heavy atom. The van der Waals surface area contributed by atoms with E-state index in [2.05, 4.69) is 26.1 Å². The highest BCUT2D eigenvalue weighted by Crippen LogP contribution is 2.42. The van der Waals surface area contributed by atoms with Gasteiger partial charge in [-0.3, -0.25) is 14.5 Å². The number of carbonyl (C=O) groups excluding carboxylic acids is 2. The lowest BCUT2D eigenvalue weighted by Gasteiger charge is -2.20. The molecule has 0 radical (unpaired) electrons. The van der Waals surface area contributed by atoms with E-state index in [4.69, 9.17) is 0 Å². The van der Waals surface area contributed by atoms with Gasteiger partial charge in [-0.25, -0.2) is 0 Å². The molecule has 0 aromatic carbocycles. The second-order valence-electron chi connectivity index (χ2n) is 6.26. The quantitative estimate of drug-likeness (QED) is 0.746. The lowest BCUT2D eigenvalue weighted by Crippen LogP contribution is -2.37. The molecular weight excluding hydrogens is 240 g/mol. The number of carbonyl (C=O) groups is 2. The van der Waals surface area contributed by atoms with Crippen LogP contribution in [0.2, 0.25) is 0 Å². The van der Waals surface area contributed by atoms with E-state index in [-0.39, 0.29) is 23.7 Å². The van der Waals surface area contributed by atoms with Crippen LogP contribution in [-0.2, 0) is 9.59 Å². The lowest BCUT2D eigenvalue weighted by molar-refractivity contribution is -0.140. The molecule has 2 aliphatic rings. The predicted molar refractivity (Wildman–Crippen MR) is 74.5 cm³/mol. The van der Waals surface area contributed by atoms with Gasteiger partial charge in [0.2, 0.25) is 11.8 Å². The van der Waals surface area contributed by atoms with Crippen LogP contribution in [0.4, 0.5) is 0 Å². The first-order valence-corrected chi connectivity index (χ1v) is 7.63. The molecule has 0 aromatic rings. The molecule has 0 bridgehead atoms. The maximum atomic E-state index is 12.3. The molecule has 1 N–H and O–H groups in total. The Balaban J connectivity index is 1.85. The summed E-state index contributed by atoms with van der Waals surface area (Å²) in [5.41, 5.74) is 0. The molecule has 3 atom stereocenters. The van der Waals surface area contributed by atoms with Crippen LogP contribution in [0.1, 0.15) is 46.5 Å². The van der Waals surface area contributed by atoms with Crippen molar-refractivity contribution in [2.45, 2.75) is 52.5 Å². The normalized spacial score (nSPS) is 31.9. The average molecular weight is 266 g/mol. The summed E-state index contributed by atoms with van der Waals surface area (Å²) in [7, 11) is 0. The van der Waals surface area contributed by atoms with Crippen molar-refractivity contribution >= 4 is 11.8 Å². The van der Waals surface area contributed by atoms with Gasteiger partial charge in [0, 0.05) is 12.6 Å². The summed E-state index contributed by atoms with van der Waals surface area (Å²) in [6.45, 7) is 7.96. The molecule has 4 heteroatoms. The number of fused-ring (bicyclic) bond motifs is 1. The van der Waals surface area contributed by atoms with Crippen molar-refractivity contribution in [3.05, 3.63) is 0 Å². The van der Waals surface area contributed by atoms with E-state index in [1.807, 2.05) is 0 Å². The van der Waals surface area contributed by atoms with Crippen LogP contribution in [0.5, 0.6) is 0 Å². The first kappa shape index (κ1) is 14.5. The number of rotatable bonds is 6. The van der Waals surface area contributed by atoms with Gasteiger partial charge in [-0.15, -0.1) is 0 Å². The van der Waals surface area contributed by atoms with Crippen molar-refractivity contribution in [1.29, 1.82) is 0 Å². The number of nitrogens with one attached hydrogen (secondary N) is 1. The molecule has 0 spiro atoms. The van der Waals surface area contributed by atoms with E-state index < -0.39 is 0 Å². The van der Waals surface area contributed by atoms with E-state index in [1.165, 1.54) is 4.90 Å². The minimum Gasteiger partial charge on any atom is -0.314 e. The van der Waals surface area contributed by atoms with Crippen molar-refractivity contribution in [2.24, 2.45) is 17.8 Å². The van der Waals surface area contributed by atoms with Gasteiger partial charge in [0.15, 0.2) is 0 Å². The molecule has 4 nitrogen and oxygen atoms in total. The minimum atomic E-state index is -0.0126. The minimum absolute atomic E-state index is 0.0126. The number of hydrogen-bond donors (Lipinski definition) is 1. The van der Waals surface area contributed by atoms with Crippen molar-refractivity contribution in [3.63, 3.8) is 0 Å². The van der Waals surface area contributed by atoms with E-state index in [9.17, 15) is 9.59 Å². The van der Waals surface area contributed by atoms with Crippen LogP contribution in [0.25, 0.3) is 0 Å². The summed E-state index contributed by atoms with van der Waals surface area (Å²) >= 11 is 0. The van der Waals surface area contributed by atoms with E-state index in [1.54, 1.807) is 0 Å². The van der Waals surface area contributed by atoms with Gasteiger partial charge in [-0.05, 0) is 45.1 Å². The summed E-state index contributed by atoms with van der Waals surface area (Å²) in [6, 6.07) is 0.361. The van der Waals surface area contributed by atoms with Crippen LogP contribution in [0, 0.1) is 17.8 Å². The molecule has 2 amide bonds. The molecule has 2 fully saturated rings. The number of nitrogens with zero attached hydrogens (tertiary/aromatic N) is 1. The fourth-order valence-electron chi connectivity index (χ4n) is 3.38. The smallest absolute Gasteiger partial charge is 0.233 e. The standard InChI is InChI=1S/C15H26N2O2/c1-4-6-16-11(3)5-7-17-14(18)12-8-10(2)9-13(12)15(17)19/h10-13,16H,4-9H2,1-3H3. The molecule has 1 saturated carbocycles. The molecule has 1 heterocycles. The van der Waals surface area contributed by atoms with Gasteiger partial charge in [0.25, 0.3) is 0 Å². The molecule has 1 saturated heterocycles. The van der Waals surface area contributed by atoms with Gasteiger partial charge in [-0.1, -0.05) is 13.8 Å². The largest absolute Gasteiger partial charge is 0.314 e. The summed E-state index contributed by atoms with van der Waals surface area (Å²) in [5, 5.41) is 3.39. The van der Waals surface area contributed by atoms with Crippen molar-refractivity contribution < 1.29 is 9.59 Å². The third-order valence-corrected chi connectivity index (χ3v) is 4.49. The number of hydrogen-bond acceptors (Lipinski definition) is 3. The lowest BCUT2D eigenvalue weighted by atomic mass is 10.00. The molecule has 2 rings (SSSR count). The molecule has 1 aliphatic carbocycles. The summed E-state index contributed by atoms with van der Waals surface area (Å²) < 4.78 is 0. The summed E-state index contributed by atoms with van der Waals surface area (Å²) in [5.74, 6) is 0.669. The fraction of sp³-hybridized carbons (Fsp3) is 0.867. The fourth-order valence-corrected chi connectivity index (χ4v) is 3.38. The Labute approximate surface area is 115 Å². The summed E-state index contributed by atoms with van der Waals surface area (Å²) in [6.07, 6.45) is 3.76. The number of amides is 2. The number of imide groups is 1. The number of likely N-dealkylation sites (tertiary alicyclic amines) is 1. The van der Waals surface area contributed by atoms with Crippen LogP contribution in [0.15, 0.2) is 0 Å². The van der Waals surface area contributed by atoms with Crippen molar-refractivity contribution in [3.8, 4) is 0 Å². The van der Waals surface area contributed by atoms with Gasteiger partial charge in [-0.2, -0.15) is 0 Å². The van der Waals surface area contributed by atoms with Gasteiger partial charge < -0.3 is 5.32 Å². The van der Waals surface area contributed by atoms with Crippen molar-refractivity contribution in [2.75, 3.05) is 13.1 Å². The Morgan fingerprint density at radius 3 is 2.37 bits per heavy atom. The van der Waals surface area contributed by atoms with Crippen LogP contribution < -0.4 is 5.32 Å². The summed E-state index contributed by atoms with van der Waals surface area (Å²) in [4.78, 5) is 26.0. The van der Waals surface area contributed by atoms with Gasteiger partial charge in [0.1, 0.15) is 0 Å². The highest BCUT2D eigenvalue weighted by atomic mass is 16.2. The average Bonchev–Trinajstić information content (AvgIpc) is 2.85. The Bertz CT molecular complexity index is 332. The van der Waals surface area contributed by atoms with Crippen LogP contribution in [0.3, 0.4) is 0 Å². The highest BCUT2D eigenvalue weighted by molar-refractivity contribution is 6.05. The predicted octanol–water partition coefficient (Wildman–Crippen LogP) is 1.80. The topological polar surface area (TPSA) is 49.4 Å². The van der Waals surface area contributed by atoms with E-state index in [0.717, 1.165) is 32.2 Å². The third kappa shape index (κ3) is 2.99. The van der Waals surface area contributed by atoms with E-state index in [0.29, 0.717) is 18.5 Å². The highest BCUT2D eigenvalue weighted by Gasteiger charge is 2.51. The van der Waals surface area contributed by atoms with Crippen molar-refractivity contribution in [1.82, 2.24) is 10.2 Å². The zero-order valence-corrected chi connectivity index (χ0v) is 12.3. The molecule has 108 valence electrons. The Morgan fingerprint density at radius 1 is 1.26 bits per heavy atom. The second-order valence-corrected chi connectivity index (χ2v) is 6.26. The van der Waals surface area contributed by atoms with Gasteiger partial charge in [0.05, 0.1) is 11.8 Å². The van der Waals surface area contributed by atoms with Gasteiger partial charge >= 0.3 is 0 Å².